The van der Waals surface area contributed by atoms with Gasteiger partial charge in [-0.3, -0.25) is 0 Å². The number of halogens is 6. The van der Waals surface area contributed by atoms with E-state index in [1.807, 2.05) is 0 Å². The van der Waals surface area contributed by atoms with Crippen LogP contribution in [-0.4, -0.2) is 19.8 Å². The second-order valence-corrected chi connectivity index (χ2v) is 14.3. The van der Waals surface area contributed by atoms with Gasteiger partial charge in [-0.05, 0) is 0 Å². The van der Waals surface area contributed by atoms with Gasteiger partial charge in [0.25, 0.3) is 0 Å². The molecule has 2 unspecified atom stereocenters. The zero-order valence-corrected chi connectivity index (χ0v) is 22.5. The molecule has 1 aliphatic rings. The van der Waals surface area contributed by atoms with E-state index >= 15 is 0 Å². The van der Waals surface area contributed by atoms with Crippen LogP contribution < -0.4 is 13.6 Å². The molecule has 3 aromatic rings. The number of alkyl halides is 6. The Hall–Kier alpha value is -0.850. The van der Waals surface area contributed by atoms with Gasteiger partial charge in [0.2, 0.25) is 0 Å². The van der Waals surface area contributed by atoms with Gasteiger partial charge in [0.05, 0.1) is 0 Å². The minimum absolute atomic E-state index is 0.278. The summed E-state index contributed by atoms with van der Waals surface area (Å²) in [6.45, 7) is 0. The van der Waals surface area contributed by atoms with E-state index in [2.05, 4.69) is 0 Å². The SMILES string of the molecule is ClC(Cl)(Cl)C1OP(Oc2ccccc2)(Oc2ccccc2)(Oc2ccccc2)OC1C(Cl)(Cl)Cl. The van der Waals surface area contributed by atoms with Crippen molar-refractivity contribution in [2.75, 3.05) is 0 Å². The predicted molar refractivity (Wildman–Crippen MR) is 138 cm³/mol. The monoisotopic (exact) mass is 602 g/mol. The average molecular weight is 605 g/mol. The summed E-state index contributed by atoms with van der Waals surface area (Å²) in [5, 5.41) is 0. The molecule has 34 heavy (non-hydrogen) atoms. The summed E-state index contributed by atoms with van der Waals surface area (Å²) in [4.78, 5) is 0. The third-order valence-electron chi connectivity index (χ3n) is 4.48. The van der Waals surface area contributed by atoms with E-state index in [4.69, 9.17) is 92.2 Å². The van der Waals surface area contributed by atoms with E-state index in [-0.39, 0.29) is 17.2 Å². The van der Waals surface area contributed by atoms with Gasteiger partial charge in [-0.2, -0.15) is 0 Å². The first-order valence-electron chi connectivity index (χ1n) is 9.77. The number of benzene rings is 3. The molecule has 0 N–H and O–H groups in total. The third kappa shape index (κ3) is 5.92. The van der Waals surface area contributed by atoms with Crippen molar-refractivity contribution in [3.8, 4) is 17.2 Å². The molecule has 0 spiro atoms. The molecule has 12 heteroatoms. The van der Waals surface area contributed by atoms with Crippen LogP contribution in [0.4, 0.5) is 0 Å². The van der Waals surface area contributed by atoms with Gasteiger partial charge in [-0.15, -0.1) is 0 Å². The summed E-state index contributed by atoms with van der Waals surface area (Å²) < 4.78 is 27.2. The second kappa shape index (κ2) is 9.89. The molecule has 1 fully saturated rings. The summed E-state index contributed by atoms with van der Waals surface area (Å²) in [6.07, 6.45) is -2.92. The van der Waals surface area contributed by atoms with E-state index in [1.165, 1.54) is 0 Å². The number of rotatable bonds is 6. The van der Waals surface area contributed by atoms with E-state index in [0.717, 1.165) is 0 Å². The van der Waals surface area contributed by atoms with E-state index in [0.29, 0.717) is 0 Å². The van der Waals surface area contributed by atoms with Crippen molar-refractivity contribution in [3.05, 3.63) is 91.0 Å². The van der Waals surface area contributed by atoms with Crippen LogP contribution in [0.15, 0.2) is 91.0 Å². The van der Waals surface area contributed by atoms with Crippen LogP contribution >= 0.6 is 77.3 Å². The van der Waals surface area contributed by atoms with Crippen molar-refractivity contribution < 1.29 is 22.6 Å². The van der Waals surface area contributed by atoms with Crippen molar-refractivity contribution in [3.63, 3.8) is 0 Å². The molecule has 0 bridgehead atoms. The van der Waals surface area contributed by atoms with Crippen LogP contribution in [0.1, 0.15) is 0 Å². The maximum absolute atomic E-state index is 6.30. The fourth-order valence-electron chi connectivity index (χ4n) is 3.11. The zero-order valence-electron chi connectivity index (χ0n) is 17.1. The third-order valence-corrected chi connectivity index (χ3v) is 8.44. The van der Waals surface area contributed by atoms with Crippen LogP contribution in [0, 0.1) is 0 Å². The molecule has 0 amide bonds. The maximum atomic E-state index is 6.30. The number of hydrogen-bond donors (Lipinski definition) is 0. The Morgan fingerprint density at radius 3 is 1.00 bits per heavy atom. The van der Waals surface area contributed by atoms with Gasteiger partial charge < -0.3 is 0 Å². The Labute approximate surface area is 226 Å². The van der Waals surface area contributed by atoms with Gasteiger partial charge in [-0.1, -0.05) is 0 Å². The standard InChI is InChI=1S/C22H17Cl6O5P/c23-21(24,25)19-20(22(26,27)28)33-34(32-19,29-16-10-4-1-5-11-16,30-17-12-6-2-7-13-17)31-18-14-8-3-9-15-18/h1-15,19-20H. The van der Waals surface area contributed by atoms with Crippen molar-refractivity contribution >= 4 is 77.3 Å². The molecule has 0 aliphatic carbocycles. The Morgan fingerprint density at radius 2 is 0.765 bits per heavy atom. The molecule has 3 aromatic carbocycles. The Kier molecular flexibility index (Phi) is 7.63. The molecule has 0 aromatic heterocycles. The molecular weight excluding hydrogens is 588 g/mol. The van der Waals surface area contributed by atoms with Gasteiger partial charge >= 0.3 is 228 Å². The summed E-state index contributed by atoms with van der Waals surface area (Å²) in [5.74, 6) is 0.834. The first-order valence-corrected chi connectivity index (χ1v) is 13.9. The van der Waals surface area contributed by atoms with Crippen LogP contribution in [-0.2, 0) is 9.05 Å². The number of hydrogen-bond acceptors (Lipinski definition) is 5. The van der Waals surface area contributed by atoms with E-state index in [9.17, 15) is 0 Å². The fraction of sp³-hybridized carbons (Fsp3) is 0.182. The second-order valence-electron chi connectivity index (χ2n) is 7.09. The first-order chi connectivity index (χ1) is 16.0. The molecule has 182 valence electrons. The van der Waals surface area contributed by atoms with Crippen molar-refractivity contribution in [2.45, 2.75) is 19.8 Å². The van der Waals surface area contributed by atoms with E-state index in [1.54, 1.807) is 91.0 Å². The molecule has 0 radical (unpaired) electrons. The average Bonchev–Trinajstić information content (AvgIpc) is 3.12. The molecular formula is C22H17Cl6O5P. The van der Waals surface area contributed by atoms with E-state index < -0.39 is 27.5 Å². The molecule has 1 saturated heterocycles. The van der Waals surface area contributed by atoms with Crippen molar-refractivity contribution in [1.29, 1.82) is 0 Å². The first kappa shape index (κ1) is 26.2. The van der Waals surface area contributed by atoms with Crippen LogP contribution in [0.25, 0.3) is 0 Å². The molecule has 4 rings (SSSR count). The summed E-state index contributed by atoms with van der Waals surface area (Å²) in [5.41, 5.74) is 0. The molecule has 1 heterocycles. The van der Waals surface area contributed by atoms with Crippen molar-refractivity contribution in [1.82, 2.24) is 0 Å². The van der Waals surface area contributed by atoms with Gasteiger partial charge in [0, 0.05) is 0 Å². The zero-order chi connectivity index (χ0) is 24.5. The molecule has 0 saturated carbocycles. The summed E-state index contributed by atoms with van der Waals surface area (Å²) >= 11 is 37.5. The molecule has 5 nitrogen and oxygen atoms in total. The minimum atomic E-state index is -5.27. The van der Waals surface area contributed by atoms with Gasteiger partial charge in [0.15, 0.2) is 0 Å². The quantitative estimate of drug-likeness (QED) is 0.208. The Balaban J connectivity index is 1.94. The number of para-hydroxylation sites is 3. The van der Waals surface area contributed by atoms with Crippen LogP contribution in [0.5, 0.6) is 17.2 Å². The Morgan fingerprint density at radius 1 is 0.500 bits per heavy atom. The summed E-state index contributed by atoms with van der Waals surface area (Å²) in [7, 11) is -5.27. The van der Waals surface area contributed by atoms with Gasteiger partial charge in [-0.25, -0.2) is 0 Å². The molecule has 1 aliphatic heterocycles. The summed E-state index contributed by atoms with van der Waals surface area (Å²) in [6, 6.07) is 25.7. The van der Waals surface area contributed by atoms with Crippen LogP contribution in [0.3, 0.4) is 0 Å². The van der Waals surface area contributed by atoms with Crippen LogP contribution in [0.2, 0.25) is 0 Å². The van der Waals surface area contributed by atoms with Crippen molar-refractivity contribution in [2.24, 2.45) is 0 Å². The topological polar surface area (TPSA) is 46.2 Å². The normalized spacial score (nSPS) is 22.8. The Bertz CT molecular complexity index is 965. The van der Waals surface area contributed by atoms with Gasteiger partial charge in [0.1, 0.15) is 0 Å². The predicted octanol–water partition coefficient (Wildman–Crippen LogP) is 8.88. The fourth-order valence-corrected chi connectivity index (χ4v) is 7.54. The molecule has 2 atom stereocenters.